The second-order valence-corrected chi connectivity index (χ2v) is 6.97. The molecule has 0 aliphatic carbocycles. The van der Waals surface area contributed by atoms with Crippen LogP contribution in [0.2, 0.25) is 4.34 Å². The van der Waals surface area contributed by atoms with Crippen molar-refractivity contribution in [2.45, 2.75) is 33.3 Å². The molecule has 0 spiro atoms. The van der Waals surface area contributed by atoms with Crippen molar-refractivity contribution in [3.63, 3.8) is 0 Å². The van der Waals surface area contributed by atoms with E-state index >= 15 is 0 Å². The van der Waals surface area contributed by atoms with E-state index in [2.05, 4.69) is 14.7 Å². The number of nitrogens with zero attached hydrogens (tertiary/aromatic N) is 4. The molecule has 9 heteroatoms. The summed E-state index contributed by atoms with van der Waals surface area (Å²) in [5.41, 5.74) is 3.17. The summed E-state index contributed by atoms with van der Waals surface area (Å²) >= 11 is 6.91. The molecule has 0 bridgehead atoms. The smallest absolute Gasteiger partial charge is 0.354 e. The van der Waals surface area contributed by atoms with E-state index in [1.807, 2.05) is 32.0 Å². The van der Waals surface area contributed by atoms with Crippen LogP contribution >= 0.6 is 23.1 Å². The Morgan fingerprint density at radius 2 is 2.16 bits per heavy atom. The summed E-state index contributed by atoms with van der Waals surface area (Å²) in [4.78, 5) is 24.5. The van der Waals surface area contributed by atoms with Crippen LogP contribution in [-0.2, 0) is 20.9 Å². The molecule has 7 nitrogen and oxygen atoms in total. The normalized spacial score (nSPS) is 14.4. The van der Waals surface area contributed by atoms with Gasteiger partial charge in [0.25, 0.3) is 0 Å². The zero-order chi connectivity index (χ0) is 18.0. The summed E-state index contributed by atoms with van der Waals surface area (Å²) in [7, 11) is 0. The van der Waals surface area contributed by atoms with Crippen molar-refractivity contribution in [1.29, 1.82) is 0 Å². The van der Waals surface area contributed by atoms with Gasteiger partial charge < -0.3 is 4.74 Å². The highest BCUT2D eigenvalue weighted by molar-refractivity contribution is 7.10. The largest absolute Gasteiger partial charge is 0.454 e. The third-order valence-electron chi connectivity index (χ3n) is 3.71. The molecule has 1 aromatic carbocycles. The maximum absolute atomic E-state index is 12.3. The van der Waals surface area contributed by atoms with Crippen LogP contribution in [0.1, 0.15) is 29.7 Å². The third-order valence-corrected chi connectivity index (χ3v) is 4.69. The minimum atomic E-state index is -0.591. The SMILES string of the molecule is Cc1ccc(C)c(N2N=C(C(=O)OCc3nnsc3Cl)CCC2=O)c1. The van der Waals surface area contributed by atoms with Crippen LogP contribution in [0.5, 0.6) is 0 Å². The lowest BCUT2D eigenvalue weighted by atomic mass is 10.1. The van der Waals surface area contributed by atoms with Crippen LogP contribution in [0.15, 0.2) is 23.3 Å². The van der Waals surface area contributed by atoms with Gasteiger partial charge in [0, 0.05) is 24.4 Å². The molecule has 0 unspecified atom stereocenters. The van der Waals surface area contributed by atoms with Gasteiger partial charge >= 0.3 is 5.97 Å². The van der Waals surface area contributed by atoms with Crippen LogP contribution in [-0.4, -0.2) is 27.2 Å². The standard InChI is InChI=1S/C16H15ClN4O3S/c1-9-3-4-10(2)13(7-9)21-14(22)6-5-11(19-21)16(23)24-8-12-15(17)25-20-18-12/h3-4,7H,5-6,8H2,1-2H3. The minimum absolute atomic E-state index is 0.0788. The Bertz CT molecular complexity index is 865. The molecule has 0 atom stereocenters. The van der Waals surface area contributed by atoms with E-state index in [9.17, 15) is 9.59 Å². The number of esters is 1. The molecule has 1 aromatic heterocycles. The summed E-state index contributed by atoms with van der Waals surface area (Å²) in [5, 5.41) is 9.28. The Balaban J connectivity index is 1.79. The molecule has 25 heavy (non-hydrogen) atoms. The van der Waals surface area contributed by atoms with Gasteiger partial charge in [0.2, 0.25) is 5.91 Å². The van der Waals surface area contributed by atoms with E-state index in [4.69, 9.17) is 16.3 Å². The number of carbonyl (C=O) groups is 2. The van der Waals surface area contributed by atoms with E-state index in [0.29, 0.717) is 15.7 Å². The Morgan fingerprint density at radius 1 is 1.36 bits per heavy atom. The second kappa shape index (κ2) is 7.28. The second-order valence-electron chi connectivity index (χ2n) is 5.61. The number of anilines is 1. The first-order chi connectivity index (χ1) is 12.0. The first-order valence-electron chi connectivity index (χ1n) is 7.57. The quantitative estimate of drug-likeness (QED) is 0.763. The number of benzene rings is 1. The van der Waals surface area contributed by atoms with Gasteiger partial charge in [-0.25, -0.2) is 4.79 Å². The van der Waals surface area contributed by atoms with Crippen LogP contribution in [0.3, 0.4) is 0 Å². The van der Waals surface area contributed by atoms with Gasteiger partial charge in [0.1, 0.15) is 22.3 Å². The highest BCUT2D eigenvalue weighted by Crippen LogP contribution is 2.26. The lowest BCUT2D eigenvalue weighted by molar-refractivity contribution is -0.137. The molecule has 130 valence electrons. The lowest BCUT2D eigenvalue weighted by Gasteiger charge is -2.24. The first-order valence-corrected chi connectivity index (χ1v) is 8.72. The molecule has 0 radical (unpaired) electrons. The average Bonchev–Trinajstić information content (AvgIpc) is 3.00. The van der Waals surface area contributed by atoms with E-state index < -0.39 is 5.97 Å². The van der Waals surface area contributed by atoms with Gasteiger partial charge in [0.15, 0.2) is 0 Å². The van der Waals surface area contributed by atoms with Gasteiger partial charge in [0.05, 0.1) is 5.69 Å². The summed E-state index contributed by atoms with van der Waals surface area (Å²) < 4.78 is 9.25. The molecule has 1 aliphatic heterocycles. The van der Waals surface area contributed by atoms with Crippen LogP contribution < -0.4 is 5.01 Å². The summed E-state index contributed by atoms with van der Waals surface area (Å²) in [6.07, 6.45) is 0.433. The topological polar surface area (TPSA) is 84.8 Å². The maximum atomic E-state index is 12.3. The van der Waals surface area contributed by atoms with Crippen molar-refractivity contribution in [3.05, 3.63) is 39.4 Å². The van der Waals surface area contributed by atoms with Crippen molar-refractivity contribution in [2.75, 3.05) is 5.01 Å². The molecule has 0 saturated carbocycles. The summed E-state index contributed by atoms with van der Waals surface area (Å²) in [6.45, 7) is 3.74. The van der Waals surface area contributed by atoms with E-state index in [1.165, 1.54) is 5.01 Å². The highest BCUT2D eigenvalue weighted by atomic mass is 35.5. The Hall–Kier alpha value is -2.32. The number of amides is 1. The third kappa shape index (κ3) is 3.85. The van der Waals surface area contributed by atoms with Crippen molar-refractivity contribution in [2.24, 2.45) is 5.10 Å². The van der Waals surface area contributed by atoms with E-state index in [0.717, 1.165) is 22.7 Å². The number of aryl methyl sites for hydroxylation is 2. The maximum Gasteiger partial charge on any atom is 0.354 e. The van der Waals surface area contributed by atoms with Gasteiger partial charge in [-0.3, -0.25) is 4.79 Å². The molecule has 0 N–H and O–H groups in total. The van der Waals surface area contributed by atoms with E-state index in [1.54, 1.807) is 0 Å². The molecule has 2 aromatic rings. The molecule has 0 fully saturated rings. The number of rotatable bonds is 4. The predicted octanol–water partition coefficient (Wildman–Crippen LogP) is 3.03. The number of aromatic nitrogens is 2. The average molecular weight is 379 g/mol. The van der Waals surface area contributed by atoms with Crippen LogP contribution in [0, 0.1) is 13.8 Å². The van der Waals surface area contributed by atoms with Gasteiger partial charge in [-0.2, -0.15) is 10.1 Å². The Morgan fingerprint density at radius 3 is 2.88 bits per heavy atom. The van der Waals surface area contributed by atoms with Crippen LogP contribution in [0.4, 0.5) is 5.69 Å². The first kappa shape index (κ1) is 17.5. The van der Waals surface area contributed by atoms with Crippen molar-refractivity contribution < 1.29 is 14.3 Å². The molecular weight excluding hydrogens is 364 g/mol. The summed E-state index contributed by atoms with van der Waals surface area (Å²) in [6, 6.07) is 5.74. The summed E-state index contributed by atoms with van der Waals surface area (Å²) in [5.74, 6) is -0.746. The van der Waals surface area contributed by atoms with Crippen molar-refractivity contribution in [3.8, 4) is 0 Å². The molecule has 1 aliphatic rings. The van der Waals surface area contributed by atoms with Crippen molar-refractivity contribution in [1.82, 2.24) is 9.59 Å². The number of hydrogen-bond acceptors (Lipinski definition) is 7. The number of carbonyl (C=O) groups excluding carboxylic acids is 2. The van der Waals surface area contributed by atoms with Gasteiger partial charge in [-0.1, -0.05) is 28.2 Å². The predicted molar refractivity (Wildman–Crippen MR) is 94.8 cm³/mol. The highest BCUT2D eigenvalue weighted by Gasteiger charge is 2.27. The fraction of sp³-hybridized carbons (Fsp3) is 0.312. The molecule has 0 saturated heterocycles. The van der Waals surface area contributed by atoms with E-state index in [-0.39, 0.29) is 31.1 Å². The monoisotopic (exact) mass is 378 g/mol. The fourth-order valence-corrected chi connectivity index (χ4v) is 2.94. The van der Waals surface area contributed by atoms with Gasteiger partial charge in [-0.15, -0.1) is 5.10 Å². The number of hydrazone groups is 1. The molecule has 3 rings (SSSR count). The van der Waals surface area contributed by atoms with Crippen molar-refractivity contribution >= 4 is 46.4 Å². The Kier molecular flexibility index (Phi) is 5.10. The zero-order valence-corrected chi connectivity index (χ0v) is 15.2. The fourth-order valence-electron chi connectivity index (χ4n) is 2.34. The molecular formula is C16H15ClN4O3S. The van der Waals surface area contributed by atoms with Gasteiger partial charge in [-0.05, 0) is 31.0 Å². The number of ether oxygens (including phenoxy) is 1. The lowest BCUT2D eigenvalue weighted by Crippen LogP contribution is -2.35. The molecule has 2 heterocycles. The number of hydrogen-bond donors (Lipinski definition) is 0. The minimum Gasteiger partial charge on any atom is -0.454 e. The zero-order valence-electron chi connectivity index (χ0n) is 13.7. The molecule has 1 amide bonds. The van der Waals surface area contributed by atoms with Crippen LogP contribution in [0.25, 0.3) is 0 Å². The Labute approximate surface area is 153 Å². The number of halogens is 1.